The molecule has 0 bridgehead atoms. The van der Waals surface area contributed by atoms with Gasteiger partial charge in [0.25, 0.3) is 0 Å². The van der Waals surface area contributed by atoms with Gasteiger partial charge in [0.15, 0.2) is 0 Å². The molecule has 12 heavy (non-hydrogen) atoms. The first-order valence-corrected chi connectivity index (χ1v) is 4.65. The van der Waals surface area contributed by atoms with Crippen molar-refractivity contribution < 1.29 is 5.11 Å². The number of hydrogen-bond acceptors (Lipinski definition) is 3. The zero-order valence-corrected chi connectivity index (χ0v) is 8.22. The Morgan fingerprint density at radius 3 is 2.58 bits per heavy atom. The topological polar surface area (TPSA) is 44.3 Å². The summed E-state index contributed by atoms with van der Waals surface area (Å²) in [6.45, 7) is 8.17. The molecule has 0 radical (unpaired) electrons. The monoisotopic (exact) mass is 172 g/mol. The molecule has 1 heterocycles. The summed E-state index contributed by atoms with van der Waals surface area (Å²) >= 11 is 0. The van der Waals surface area contributed by atoms with E-state index in [9.17, 15) is 5.11 Å². The molecule has 0 spiro atoms. The molecule has 2 unspecified atom stereocenters. The van der Waals surface area contributed by atoms with Crippen LogP contribution >= 0.6 is 0 Å². The first-order chi connectivity index (χ1) is 5.49. The highest BCUT2D eigenvalue weighted by Gasteiger charge is 2.25. The van der Waals surface area contributed by atoms with Gasteiger partial charge in [-0.15, -0.1) is 0 Å². The maximum atomic E-state index is 9.63. The third-order valence-corrected chi connectivity index (χ3v) is 2.06. The van der Waals surface area contributed by atoms with Gasteiger partial charge in [-0.1, -0.05) is 0 Å². The quantitative estimate of drug-likeness (QED) is 0.525. The smallest absolute Gasteiger partial charge is 0.0717 e. The van der Waals surface area contributed by atoms with Gasteiger partial charge >= 0.3 is 0 Å². The van der Waals surface area contributed by atoms with E-state index in [1.165, 1.54) is 0 Å². The van der Waals surface area contributed by atoms with Crippen molar-refractivity contribution in [1.29, 1.82) is 0 Å². The summed E-state index contributed by atoms with van der Waals surface area (Å²) in [5.41, 5.74) is 0.0880. The van der Waals surface area contributed by atoms with E-state index >= 15 is 0 Å². The standard InChI is InChI=1S/C9H20N2O/c1-9(2,3)11-7-6-10-5-4-8(7)12/h7-8,10-12H,4-6H2,1-3H3. The molecule has 0 aliphatic carbocycles. The van der Waals surface area contributed by atoms with Crippen LogP contribution in [-0.2, 0) is 0 Å². The summed E-state index contributed by atoms with van der Waals surface area (Å²) < 4.78 is 0. The summed E-state index contributed by atoms with van der Waals surface area (Å²) in [7, 11) is 0. The lowest BCUT2D eigenvalue weighted by molar-refractivity contribution is 0.0862. The van der Waals surface area contributed by atoms with Crippen molar-refractivity contribution >= 4 is 0 Å². The van der Waals surface area contributed by atoms with Gasteiger partial charge in [0, 0.05) is 18.1 Å². The molecule has 0 aromatic heterocycles. The van der Waals surface area contributed by atoms with Gasteiger partial charge in [-0.2, -0.15) is 0 Å². The minimum Gasteiger partial charge on any atom is -0.391 e. The van der Waals surface area contributed by atoms with E-state index in [4.69, 9.17) is 0 Å². The average molecular weight is 172 g/mol. The number of nitrogens with one attached hydrogen (secondary N) is 2. The lowest BCUT2D eigenvalue weighted by Crippen LogP contribution is -2.57. The number of hydrogen-bond donors (Lipinski definition) is 3. The Morgan fingerprint density at radius 2 is 2.08 bits per heavy atom. The Morgan fingerprint density at radius 1 is 1.42 bits per heavy atom. The summed E-state index contributed by atoms with van der Waals surface area (Å²) in [4.78, 5) is 0. The fraction of sp³-hybridized carbons (Fsp3) is 1.00. The second-order valence-corrected chi connectivity index (χ2v) is 4.56. The van der Waals surface area contributed by atoms with Crippen molar-refractivity contribution in [2.45, 2.75) is 44.9 Å². The zero-order chi connectivity index (χ0) is 9.19. The van der Waals surface area contributed by atoms with Crippen molar-refractivity contribution in [3.05, 3.63) is 0 Å². The van der Waals surface area contributed by atoms with Crippen molar-refractivity contribution in [3.8, 4) is 0 Å². The zero-order valence-electron chi connectivity index (χ0n) is 8.22. The van der Waals surface area contributed by atoms with Gasteiger partial charge in [0.2, 0.25) is 0 Å². The van der Waals surface area contributed by atoms with Crippen molar-refractivity contribution in [3.63, 3.8) is 0 Å². The highest BCUT2D eigenvalue weighted by atomic mass is 16.3. The van der Waals surface area contributed by atoms with E-state index in [2.05, 4.69) is 31.4 Å². The maximum Gasteiger partial charge on any atom is 0.0717 e. The van der Waals surface area contributed by atoms with Crippen LogP contribution in [0.3, 0.4) is 0 Å². The number of aliphatic hydroxyl groups is 1. The van der Waals surface area contributed by atoms with Gasteiger partial charge < -0.3 is 15.7 Å². The highest BCUT2D eigenvalue weighted by molar-refractivity contribution is 4.87. The second kappa shape index (κ2) is 3.73. The van der Waals surface area contributed by atoms with Crippen LogP contribution in [0.2, 0.25) is 0 Å². The molecule has 0 aromatic carbocycles. The number of piperidine rings is 1. The number of rotatable bonds is 1. The van der Waals surface area contributed by atoms with E-state index in [1.807, 2.05) is 0 Å². The minimum absolute atomic E-state index is 0.0880. The van der Waals surface area contributed by atoms with E-state index in [1.54, 1.807) is 0 Å². The Balaban J connectivity index is 2.39. The predicted octanol–water partition coefficient (Wildman–Crippen LogP) is 0.0973. The fourth-order valence-electron chi connectivity index (χ4n) is 1.55. The Hall–Kier alpha value is -0.120. The van der Waals surface area contributed by atoms with E-state index in [0.29, 0.717) is 0 Å². The van der Waals surface area contributed by atoms with Crippen LogP contribution in [-0.4, -0.2) is 35.9 Å². The van der Waals surface area contributed by atoms with Crippen LogP contribution in [0.5, 0.6) is 0 Å². The van der Waals surface area contributed by atoms with E-state index < -0.39 is 0 Å². The molecule has 1 aliphatic heterocycles. The molecule has 1 saturated heterocycles. The van der Waals surface area contributed by atoms with Gasteiger partial charge in [-0.25, -0.2) is 0 Å². The Bertz CT molecular complexity index is 142. The van der Waals surface area contributed by atoms with Crippen LogP contribution in [0.25, 0.3) is 0 Å². The van der Waals surface area contributed by atoms with Gasteiger partial charge in [0.1, 0.15) is 0 Å². The lowest BCUT2D eigenvalue weighted by Gasteiger charge is -2.34. The maximum absolute atomic E-state index is 9.63. The second-order valence-electron chi connectivity index (χ2n) is 4.56. The minimum atomic E-state index is -0.189. The van der Waals surface area contributed by atoms with Crippen LogP contribution in [0, 0.1) is 0 Å². The Kier molecular flexibility index (Phi) is 3.09. The summed E-state index contributed by atoms with van der Waals surface area (Å²) in [5, 5.41) is 16.3. The molecular formula is C9H20N2O. The molecule has 1 fully saturated rings. The van der Waals surface area contributed by atoms with E-state index in [-0.39, 0.29) is 17.7 Å². The third-order valence-electron chi connectivity index (χ3n) is 2.06. The van der Waals surface area contributed by atoms with Crippen LogP contribution in [0.15, 0.2) is 0 Å². The highest BCUT2D eigenvalue weighted by Crippen LogP contribution is 2.08. The van der Waals surface area contributed by atoms with Crippen LogP contribution in [0.4, 0.5) is 0 Å². The van der Waals surface area contributed by atoms with E-state index in [0.717, 1.165) is 19.5 Å². The van der Waals surface area contributed by atoms with Crippen molar-refractivity contribution in [2.24, 2.45) is 0 Å². The molecule has 0 aromatic rings. The first kappa shape index (κ1) is 9.96. The molecule has 0 saturated carbocycles. The molecule has 3 nitrogen and oxygen atoms in total. The molecular weight excluding hydrogens is 152 g/mol. The van der Waals surface area contributed by atoms with Crippen molar-refractivity contribution in [2.75, 3.05) is 13.1 Å². The molecule has 2 atom stereocenters. The molecule has 3 heteroatoms. The molecule has 1 rings (SSSR count). The van der Waals surface area contributed by atoms with Crippen molar-refractivity contribution in [1.82, 2.24) is 10.6 Å². The predicted molar refractivity (Wildman–Crippen MR) is 50.2 cm³/mol. The summed E-state index contributed by atoms with van der Waals surface area (Å²) in [6, 6.07) is 0.207. The summed E-state index contributed by atoms with van der Waals surface area (Å²) in [6.07, 6.45) is 0.666. The lowest BCUT2D eigenvalue weighted by atomic mass is 10.00. The van der Waals surface area contributed by atoms with Crippen LogP contribution < -0.4 is 10.6 Å². The first-order valence-electron chi connectivity index (χ1n) is 4.65. The Labute approximate surface area is 74.5 Å². The SMILES string of the molecule is CC(C)(C)NC1CNCCC1O. The average Bonchev–Trinajstić information content (AvgIpc) is 1.91. The molecule has 72 valence electrons. The number of aliphatic hydroxyl groups excluding tert-OH is 1. The van der Waals surface area contributed by atoms with Crippen LogP contribution in [0.1, 0.15) is 27.2 Å². The largest absolute Gasteiger partial charge is 0.391 e. The van der Waals surface area contributed by atoms with Gasteiger partial charge in [-0.05, 0) is 33.7 Å². The van der Waals surface area contributed by atoms with Gasteiger partial charge in [0.05, 0.1) is 6.10 Å². The molecule has 3 N–H and O–H groups in total. The van der Waals surface area contributed by atoms with Gasteiger partial charge in [-0.3, -0.25) is 0 Å². The molecule has 1 aliphatic rings. The fourth-order valence-corrected chi connectivity index (χ4v) is 1.55. The summed E-state index contributed by atoms with van der Waals surface area (Å²) in [5.74, 6) is 0. The normalized spacial score (nSPS) is 32.0. The molecule has 0 amide bonds. The third kappa shape index (κ3) is 3.09.